The summed E-state index contributed by atoms with van der Waals surface area (Å²) in [5, 5.41) is 2.81. The molecule has 1 aromatic heterocycles. The summed E-state index contributed by atoms with van der Waals surface area (Å²) in [6.07, 6.45) is -0.783. The smallest absolute Gasteiger partial charge is 0.307 e. The van der Waals surface area contributed by atoms with E-state index in [1.807, 2.05) is 18.2 Å². The van der Waals surface area contributed by atoms with Gasteiger partial charge in [0, 0.05) is 6.42 Å². The lowest BCUT2D eigenvalue weighted by Crippen LogP contribution is -2.60. The summed E-state index contributed by atoms with van der Waals surface area (Å²) in [6.45, 7) is 4.81. The van der Waals surface area contributed by atoms with Crippen LogP contribution in [0.25, 0.3) is 11.1 Å². The van der Waals surface area contributed by atoms with Gasteiger partial charge in [0.1, 0.15) is 11.1 Å². The molecule has 160 valence electrons. The van der Waals surface area contributed by atoms with Gasteiger partial charge in [-0.2, -0.15) is 0 Å². The number of ether oxygens (including phenoxy) is 1. The first-order chi connectivity index (χ1) is 14.8. The van der Waals surface area contributed by atoms with Gasteiger partial charge in [-0.25, -0.2) is 4.98 Å². The highest BCUT2D eigenvalue weighted by molar-refractivity contribution is 6.15. The van der Waals surface area contributed by atoms with Crippen LogP contribution in [-0.2, 0) is 25.5 Å². The number of nitrogens with one attached hydrogen (secondary N) is 1. The highest BCUT2D eigenvalue weighted by atomic mass is 16.5. The molecule has 8 nitrogen and oxygen atoms in total. The fourth-order valence-corrected chi connectivity index (χ4v) is 3.57. The van der Waals surface area contributed by atoms with Gasteiger partial charge in [0.15, 0.2) is 17.6 Å². The lowest BCUT2D eigenvalue weighted by molar-refractivity contribution is -0.154. The summed E-state index contributed by atoms with van der Waals surface area (Å²) < 4.78 is 11.0. The number of rotatable bonds is 5. The van der Waals surface area contributed by atoms with Gasteiger partial charge in [0.2, 0.25) is 5.91 Å². The molecule has 0 unspecified atom stereocenters. The van der Waals surface area contributed by atoms with E-state index < -0.39 is 23.5 Å². The number of aromatic nitrogens is 1. The van der Waals surface area contributed by atoms with E-state index in [9.17, 15) is 14.4 Å². The Balaban J connectivity index is 1.44. The third kappa shape index (κ3) is 3.88. The van der Waals surface area contributed by atoms with Gasteiger partial charge in [0.05, 0.1) is 17.8 Å². The topological polar surface area (TPSA) is 102 Å². The van der Waals surface area contributed by atoms with E-state index in [2.05, 4.69) is 10.3 Å². The van der Waals surface area contributed by atoms with Gasteiger partial charge in [0.25, 0.3) is 5.91 Å². The minimum absolute atomic E-state index is 0.0188. The number of fused-ring (bicyclic) bond motifs is 2. The molecule has 0 spiro atoms. The van der Waals surface area contributed by atoms with E-state index in [4.69, 9.17) is 9.15 Å². The van der Waals surface area contributed by atoms with Crippen molar-refractivity contribution in [2.24, 2.45) is 0 Å². The Labute approximate surface area is 179 Å². The Morgan fingerprint density at radius 2 is 1.87 bits per heavy atom. The van der Waals surface area contributed by atoms with E-state index >= 15 is 0 Å². The molecule has 2 heterocycles. The quantitative estimate of drug-likeness (QED) is 0.633. The number of aryl methyl sites for hydroxylation is 1. The normalized spacial score (nSPS) is 15.8. The van der Waals surface area contributed by atoms with Crippen molar-refractivity contribution >= 4 is 40.3 Å². The number of anilines is 2. The van der Waals surface area contributed by atoms with Crippen molar-refractivity contribution in [2.75, 3.05) is 10.2 Å². The molecule has 1 aliphatic heterocycles. The molecule has 0 fully saturated rings. The lowest BCUT2D eigenvalue weighted by Gasteiger charge is -2.42. The van der Waals surface area contributed by atoms with Crippen molar-refractivity contribution < 1.29 is 23.5 Å². The van der Waals surface area contributed by atoms with Crippen molar-refractivity contribution in [3.05, 3.63) is 54.4 Å². The number of amides is 2. The van der Waals surface area contributed by atoms with Crippen LogP contribution in [0.4, 0.5) is 11.4 Å². The molecule has 3 aromatic rings. The van der Waals surface area contributed by atoms with Crippen LogP contribution >= 0.6 is 0 Å². The highest BCUT2D eigenvalue weighted by Crippen LogP contribution is 2.37. The second kappa shape index (κ2) is 7.86. The fourth-order valence-electron chi connectivity index (χ4n) is 3.57. The van der Waals surface area contributed by atoms with Crippen molar-refractivity contribution in [1.29, 1.82) is 0 Å². The van der Waals surface area contributed by atoms with Gasteiger partial charge in [-0.15, -0.1) is 0 Å². The number of para-hydroxylation sites is 4. The largest absolute Gasteiger partial charge is 0.453 e. The van der Waals surface area contributed by atoms with E-state index in [0.717, 1.165) is 5.52 Å². The maximum absolute atomic E-state index is 13.2. The number of carbonyl (C=O) groups excluding carboxylic acids is 3. The van der Waals surface area contributed by atoms with E-state index in [-0.39, 0.29) is 18.7 Å². The first-order valence-electron chi connectivity index (χ1n) is 10.1. The number of hydrogen-bond acceptors (Lipinski definition) is 6. The third-order valence-corrected chi connectivity index (χ3v) is 5.27. The van der Waals surface area contributed by atoms with Crippen LogP contribution in [0.1, 0.15) is 33.1 Å². The maximum Gasteiger partial charge on any atom is 0.307 e. The van der Waals surface area contributed by atoms with Crippen molar-refractivity contribution in [3.8, 4) is 0 Å². The van der Waals surface area contributed by atoms with Crippen LogP contribution in [-0.4, -0.2) is 34.4 Å². The zero-order valence-electron chi connectivity index (χ0n) is 17.5. The van der Waals surface area contributed by atoms with Gasteiger partial charge < -0.3 is 14.5 Å². The first-order valence-corrected chi connectivity index (χ1v) is 10.1. The van der Waals surface area contributed by atoms with Crippen LogP contribution in [0.2, 0.25) is 0 Å². The Kier molecular flexibility index (Phi) is 5.22. The van der Waals surface area contributed by atoms with Gasteiger partial charge in [-0.05, 0) is 45.0 Å². The number of benzene rings is 2. The number of hydrogen-bond donors (Lipinski definition) is 1. The molecule has 0 radical (unpaired) electrons. The SMILES string of the molecule is C[C@@H](OC(=O)CCc1nc2ccccc2o1)C(=O)N1c2ccccc2NC(=O)C1(C)C. The van der Waals surface area contributed by atoms with E-state index in [1.54, 1.807) is 44.2 Å². The summed E-state index contributed by atoms with van der Waals surface area (Å²) in [4.78, 5) is 43.8. The molecule has 4 rings (SSSR count). The number of carbonyl (C=O) groups is 3. The van der Waals surface area contributed by atoms with Gasteiger partial charge >= 0.3 is 5.97 Å². The summed E-state index contributed by atoms with van der Waals surface area (Å²) in [6, 6.07) is 14.4. The molecular weight excluding hydrogens is 398 g/mol. The van der Waals surface area contributed by atoms with Crippen LogP contribution in [0.15, 0.2) is 52.9 Å². The Hall–Kier alpha value is -3.68. The second-order valence-electron chi connectivity index (χ2n) is 7.91. The molecule has 1 aliphatic rings. The fraction of sp³-hybridized carbons (Fsp3) is 0.304. The molecule has 2 aromatic carbocycles. The summed E-state index contributed by atoms with van der Waals surface area (Å²) in [7, 11) is 0. The molecule has 0 saturated carbocycles. The zero-order chi connectivity index (χ0) is 22.2. The third-order valence-electron chi connectivity index (χ3n) is 5.27. The molecule has 1 N–H and O–H groups in total. The Bertz CT molecular complexity index is 1130. The molecule has 0 saturated heterocycles. The zero-order valence-corrected chi connectivity index (χ0v) is 17.5. The minimum Gasteiger partial charge on any atom is -0.453 e. The van der Waals surface area contributed by atoms with Crippen LogP contribution < -0.4 is 10.2 Å². The lowest BCUT2D eigenvalue weighted by atomic mass is 9.95. The highest BCUT2D eigenvalue weighted by Gasteiger charge is 2.45. The molecule has 8 heteroatoms. The predicted molar refractivity (Wildman–Crippen MR) is 115 cm³/mol. The van der Waals surface area contributed by atoms with Gasteiger partial charge in [-0.3, -0.25) is 19.3 Å². The Morgan fingerprint density at radius 1 is 1.16 bits per heavy atom. The van der Waals surface area contributed by atoms with Crippen LogP contribution in [0.5, 0.6) is 0 Å². The van der Waals surface area contributed by atoms with Crippen LogP contribution in [0, 0.1) is 0 Å². The monoisotopic (exact) mass is 421 g/mol. The van der Waals surface area contributed by atoms with E-state index in [1.165, 1.54) is 11.8 Å². The summed E-state index contributed by atoms with van der Waals surface area (Å²) in [5.74, 6) is -0.896. The second-order valence-corrected chi connectivity index (χ2v) is 7.91. The number of esters is 1. The van der Waals surface area contributed by atoms with E-state index in [0.29, 0.717) is 22.8 Å². The minimum atomic E-state index is -1.13. The Morgan fingerprint density at radius 3 is 2.65 bits per heavy atom. The molecule has 0 aliphatic carbocycles. The molecule has 1 atom stereocenters. The molecular formula is C23H23N3O5. The average molecular weight is 421 g/mol. The molecule has 2 amide bonds. The van der Waals surface area contributed by atoms with Gasteiger partial charge in [-0.1, -0.05) is 24.3 Å². The molecule has 31 heavy (non-hydrogen) atoms. The summed E-state index contributed by atoms with van der Waals surface area (Å²) in [5.41, 5.74) is 1.34. The first kappa shape index (κ1) is 20.6. The standard InChI is InChI=1S/C23H23N3O5/c1-14(30-20(27)13-12-19-24-16-9-5-7-11-18(16)31-19)21(28)26-17-10-6-4-8-15(17)25-22(29)23(26,2)3/h4-11,14H,12-13H2,1-3H3,(H,25,29)/t14-/m1/s1. The number of oxazole rings is 1. The van der Waals surface area contributed by atoms with Crippen molar-refractivity contribution in [2.45, 2.75) is 45.3 Å². The number of nitrogens with zero attached hydrogens (tertiary/aromatic N) is 2. The van der Waals surface area contributed by atoms with Crippen molar-refractivity contribution in [1.82, 2.24) is 4.98 Å². The molecule has 0 bridgehead atoms. The van der Waals surface area contributed by atoms with Crippen LogP contribution in [0.3, 0.4) is 0 Å². The average Bonchev–Trinajstić information content (AvgIpc) is 3.15. The van der Waals surface area contributed by atoms with Crippen molar-refractivity contribution in [3.63, 3.8) is 0 Å². The predicted octanol–water partition coefficient (Wildman–Crippen LogP) is 3.46. The summed E-state index contributed by atoms with van der Waals surface area (Å²) >= 11 is 0. The maximum atomic E-state index is 13.2.